The highest BCUT2D eigenvalue weighted by Gasteiger charge is 2.25. The number of hydrogen-bond donors (Lipinski definition) is 1. The van der Waals surface area contributed by atoms with Crippen molar-refractivity contribution in [1.82, 2.24) is 0 Å². The van der Waals surface area contributed by atoms with Crippen molar-refractivity contribution in [3.8, 4) is 0 Å². The lowest BCUT2D eigenvalue weighted by Crippen LogP contribution is -2.40. The first-order valence-electron chi connectivity index (χ1n) is 33.2. The van der Waals surface area contributed by atoms with Crippen LogP contribution in [0.2, 0.25) is 0 Å². The van der Waals surface area contributed by atoms with Gasteiger partial charge in [-0.05, 0) is 51.4 Å². The number of aliphatic carboxylic acids is 1. The van der Waals surface area contributed by atoms with Crippen LogP contribution in [0.25, 0.3) is 0 Å². The van der Waals surface area contributed by atoms with Gasteiger partial charge in [-0.15, -0.1) is 0 Å². The first kappa shape index (κ1) is 74.5. The van der Waals surface area contributed by atoms with E-state index in [1.165, 1.54) is 244 Å². The lowest BCUT2D eigenvalue weighted by Gasteiger charge is -2.25. The number of nitrogens with zero attached hydrogens (tertiary/aromatic N) is 1. The first-order valence-corrected chi connectivity index (χ1v) is 33.2. The van der Waals surface area contributed by atoms with Crippen molar-refractivity contribution in [1.29, 1.82) is 0 Å². The minimum Gasteiger partial charge on any atom is -0.477 e. The summed E-state index contributed by atoms with van der Waals surface area (Å²) >= 11 is 0. The molecular weight excluding hydrogens is 959 g/mol. The van der Waals surface area contributed by atoms with E-state index in [-0.39, 0.29) is 38.2 Å². The molecule has 9 heteroatoms. The Labute approximate surface area is 477 Å². The van der Waals surface area contributed by atoms with E-state index in [1.54, 1.807) is 0 Å². The summed E-state index contributed by atoms with van der Waals surface area (Å²) in [4.78, 5) is 37.6. The molecule has 0 bridgehead atoms. The Bertz CT molecular complexity index is 1360. The van der Waals surface area contributed by atoms with Crippen molar-refractivity contribution in [2.24, 2.45) is 0 Å². The number of carboxylic acids is 1. The number of carbonyl (C=O) groups excluding carboxylic acids is 2. The Morgan fingerprint density at radius 3 is 1.04 bits per heavy atom. The van der Waals surface area contributed by atoms with E-state index in [0.717, 1.165) is 51.4 Å². The quantitative estimate of drug-likeness (QED) is 0.0211. The molecule has 2 atom stereocenters. The summed E-state index contributed by atoms with van der Waals surface area (Å²) in [6.07, 6.45) is 71.0. The molecule has 0 aliphatic carbocycles. The van der Waals surface area contributed by atoms with Crippen LogP contribution in [-0.2, 0) is 33.3 Å². The lowest BCUT2D eigenvalue weighted by atomic mass is 10.0. The number of rotatable bonds is 62. The molecule has 0 saturated heterocycles. The molecule has 77 heavy (non-hydrogen) atoms. The zero-order valence-corrected chi connectivity index (χ0v) is 51.6. The van der Waals surface area contributed by atoms with Crippen molar-refractivity contribution in [3.05, 3.63) is 36.5 Å². The molecule has 0 saturated carbocycles. The number of carboxylic acid groups (broad SMARTS) is 1. The minimum absolute atomic E-state index is 0.177. The van der Waals surface area contributed by atoms with Crippen LogP contribution in [0, 0.1) is 0 Å². The molecule has 0 heterocycles. The molecule has 9 nitrogen and oxygen atoms in total. The van der Waals surface area contributed by atoms with E-state index >= 15 is 0 Å². The van der Waals surface area contributed by atoms with Gasteiger partial charge in [-0.25, -0.2) is 4.79 Å². The molecule has 0 aromatic heterocycles. The van der Waals surface area contributed by atoms with E-state index in [1.807, 2.05) is 21.1 Å². The van der Waals surface area contributed by atoms with Crippen molar-refractivity contribution in [2.45, 2.75) is 334 Å². The van der Waals surface area contributed by atoms with Gasteiger partial charge < -0.3 is 28.5 Å². The van der Waals surface area contributed by atoms with Crippen LogP contribution in [-0.4, -0.2) is 87.4 Å². The summed E-state index contributed by atoms with van der Waals surface area (Å²) in [6, 6.07) is 0. The highest BCUT2D eigenvalue weighted by atomic mass is 16.7. The largest absolute Gasteiger partial charge is 0.477 e. The molecule has 452 valence electrons. The van der Waals surface area contributed by atoms with Gasteiger partial charge in [-0.2, -0.15) is 0 Å². The standard InChI is InChI=1S/C68H127NO8/c1-6-8-10-12-14-16-18-20-22-24-26-28-30-31-32-33-34-35-37-39-41-43-45-47-49-51-53-55-57-59-66(71)77-64(63-76-68(67(72)73)74-61-60-69(3,4)5)62-75-65(70)58-56-54-52-50-48-46-44-42-40-38-36-29-27-25-23-21-19-17-15-13-11-9-7-2/h18,20,24,26,30-31,64,68H,6-17,19,21-23,25,27-29,32-63H2,1-5H3/p+1/b20-18-,26-24-,31-30-. The Balaban J connectivity index is 4.12. The van der Waals surface area contributed by atoms with Gasteiger partial charge in [-0.3, -0.25) is 9.59 Å². The molecular formula is C68H128NO8+. The summed E-state index contributed by atoms with van der Waals surface area (Å²) in [5.41, 5.74) is 0. The Morgan fingerprint density at radius 1 is 0.390 bits per heavy atom. The molecule has 1 N–H and O–H groups in total. The van der Waals surface area contributed by atoms with Crippen LogP contribution in [0.5, 0.6) is 0 Å². The summed E-state index contributed by atoms with van der Waals surface area (Å²) in [6.45, 7) is 4.93. The van der Waals surface area contributed by atoms with Gasteiger partial charge in [0.05, 0.1) is 34.4 Å². The molecule has 0 spiro atoms. The van der Waals surface area contributed by atoms with Crippen LogP contribution in [0.3, 0.4) is 0 Å². The van der Waals surface area contributed by atoms with Gasteiger partial charge in [0.2, 0.25) is 0 Å². The van der Waals surface area contributed by atoms with E-state index in [2.05, 4.69) is 50.3 Å². The highest BCUT2D eigenvalue weighted by molar-refractivity contribution is 5.71. The summed E-state index contributed by atoms with van der Waals surface area (Å²) in [5.74, 6) is -1.98. The lowest BCUT2D eigenvalue weighted by molar-refractivity contribution is -0.870. The Kier molecular flexibility index (Phi) is 57.7. The Hall–Kier alpha value is -2.49. The highest BCUT2D eigenvalue weighted by Crippen LogP contribution is 2.18. The summed E-state index contributed by atoms with van der Waals surface area (Å²) in [7, 11) is 5.98. The van der Waals surface area contributed by atoms with E-state index < -0.39 is 18.4 Å². The van der Waals surface area contributed by atoms with Gasteiger partial charge in [0.25, 0.3) is 6.29 Å². The van der Waals surface area contributed by atoms with Gasteiger partial charge in [-0.1, -0.05) is 294 Å². The molecule has 0 radical (unpaired) electrons. The molecule has 0 aromatic rings. The van der Waals surface area contributed by atoms with Crippen LogP contribution >= 0.6 is 0 Å². The third-order valence-corrected chi connectivity index (χ3v) is 14.9. The predicted octanol–water partition coefficient (Wildman–Crippen LogP) is 20.0. The number of ether oxygens (including phenoxy) is 4. The van der Waals surface area contributed by atoms with Gasteiger partial charge in [0, 0.05) is 12.8 Å². The maximum Gasteiger partial charge on any atom is 0.361 e. The van der Waals surface area contributed by atoms with Crippen molar-refractivity contribution < 1.29 is 42.9 Å². The van der Waals surface area contributed by atoms with E-state index in [0.29, 0.717) is 17.4 Å². The maximum atomic E-state index is 12.9. The molecule has 0 aromatic carbocycles. The van der Waals surface area contributed by atoms with Crippen LogP contribution in [0.4, 0.5) is 0 Å². The number of allylic oxidation sites excluding steroid dienone is 6. The summed E-state index contributed by atoms with van der Waals surface area (Å²) < 4.78 is 23.0. The zero-order chi connectivity index (χ0) is 56.2. The van der Waals surface area contributed by atoms with Crippen molar-refractivity contribution in [2.75, 3.05) is 47.5 Å². The SMILES string of the molecule is CCCCCCC/C=C\C/C=C\C/C=C\CCCCCCCCCCCCCCCCC(=O)OC(COC(=O)CCCCCCCCCCCCCCCCCCCCCCCCC)COC(OCC[N+](C)(C)C)C(=O)O. The fourth-order valence-electron chi connectivity index (χ4n) is 9.79. The number of esters is 2. The number of carbonyl (C=O) groups is 3. The zero-order valence-electron chi connectivity index (χ0n) is 51.6. The van der Waals surface area contributed by atoms with Crippen LogP contribution in [0.1, 0.15) is 322 Å². The number of quaternary nitrogens is 1. The second-order valence-electron chi connectivity index (χ2n) is 23.8. The third kappa shape index (κ3) is 61.0. The maximum absolute atomic E-state index is 12.9. The fraction of sp³-hybridized carbons (Fsp3) is 0.868. The average molecular weight is 1090 g/mol. The minimum atomic E-state index is -1.51. The third-order valence-electron chi connectivity index (χ3n) is 14.9. The number of hydrogen-bond acceptors (Lipinski definition) is 7. The predicted molar refractivity (Wildman–Crippen MR) is 327 cm³/mol. The normalized spacial score (nSPS) is 12.9. The smallest absolute Gasteiger partial charge is 0.361 e. The first-order chi connectivity index (χ1) is 37.6. The molecule has 0 rings (SSSR count). The molecule has 0 aliphatic heterocycles. The Morgan fingerprint density at radius 2 is 0.701 bits per heavy atom. The summed E-state index contributed by atoms with van der Waals surface area (Å²) in [5, 5.41) is 9.73. The molecule has 2 unspecified atom stereocenters. The van der Waals surface area contributed by atoms with Crippen molar-refractivity contribution in [3.63, 3.8) is 0 Å². The van der Waals surface area contributed by atoms with E-state index in [4.69, 9.17) is 18.9 Å². The molecule has 0 aliphatic rings. The van der Waals surface area contributed by atoms with Crippen LogP contribution < -0.4 is 0 Å². The van der Waals surface area contributed by atoms with Gasteiger partial charge in [0.15, 0.2) is 6.10 Å². The average Bonchev–Trinajstić information content (AvgIpc) is 3.40. The van der Waals surface area contributed by atoms with Gasteiger partial charge >= 0.3 is 17.9 Å². The number of unbranched alkanes of at least 4 members (excludes halogenated alkanes) is 41. The fourth-order valence-corrected chi connectivity index (χ4v) is 9.79. The number of likely N-dealkylation sites (N-methyl/N-ethyl adjacent to an activating group) is 1. The molecule has 0 amide bonds. The van der Waals surface area contributed by atoms with Crippen LogP contribution in [0.15, 0.2) is 36.5 Å². The monoisotopic (exact) mass is 1090 g/mol. The molecule has 0 fully saturated rings. The topological polar surface area (TPSA) is 108 Å². The second-order valence-corrected chi connectivity index (χ2v) is 23.8. The van der Waals surface area contributed by atoms with Crippen molar-refractivity contribution >= 4 is 17.9 Å². The van der Waals surface area contributed by atoms with Gasteiger partial charge in [0.1, 0.15) is 13.2 Å². The second kappa shape index (κ2) is 59.6. The van der Waals surface area contributed by atoms with E-state index in [9.17, 15) is 19.5 Å².